The van der Waals surface area contributed by atoms with E-state index >= 15 is 0 Å². The fourth-order valence-corrected chi connectivity index (χ4v) is 8.09. The smallest absolute Gasteiger partial charge is 0.147 e. The molecule has 3 aliphatic carbocycles. The van der Waals surface area contributed by atoms with Crippen LogP contribution in [0, 0.1) is 29.6 Å². The Morgan fingerprint density at radius 3 is 2.25 bits per heavy atom. The molecule has 160 valence electrons. The van der Waals surface area contributed by atoms with Crippen molar-refractivity contribution < 1.29 is 28.6 Å². The van der Waals surface area contributed by atoms with Gasteiger partial charge in [-0.3, -0.25) is 0 Å². The van der Waals surface area contributed by atoms with Crippen LogP contribution in [0.5, 0.6) is 0 Å². The van der Waals surface area contributed by atoms with Crippen LogP contribution < -0.4 is 4.90 Å². The number of rotatable bonds is 3. The van der Waals surface area contributed by atoms with Crippen molar-refractivity contribution in [2.75, 3.05) is 41.7 Å². The van der Waals surface area contributed by atoms with Gasteiger partial charge in [0.1, 0.15) is 6.79 Å². The Labute approximate surface area is 169 Å². The standard InChI is InChI=1S/C22H37NO5/c1-23-10-15-20(18(24-2)9-19(25-3)22(15)26-4)13-6-5-12-7-16-17(28-11-27-16)8-14(12)21(13)23/h12-22H,5-11H2,1-4H3/p+1. The molecular formula is C22H38NO5+. The molecule has 12 unspecified atom stereocenters. The molecular weight excluding hydrogens is 358 g/mol. The van der Waals surface area contributed by atoms with Crippen molar-refractivity contribution in [3.8, 4) is 0 Å². The molecule has 12 atom stereocenters. The van der Waals surface area contributed by atoms with Gasteiger partial charge in [0.05, 0.1) is 50.2 Å². The first-order valence-corrected chi connectivity index (χ1v) is 11.3. The number of fused-ring (bicyclic) bond motifs is 6. The van der Waals surface area contributed by atoms with Gasteiger partial charge in [0.25, 0.3) is 0 Å². The summed E-state index contributed by atoms with van der Waals surface area (Å²) in [6.45, 7) is 1.65. The molecule has 0 bridgehead atoms. The molecule has 5 fully saturated rings. The van der Waals surface area contributed by atoms with E-state index in [2.05, 4.69) is 7.05 Å². The zero-order valence-corrected chi connectivity index (χ0v) is 17.8. The predicted molar refractivity (Wildman–Crippen MR) is 103 cm³/mol. The fraction of sp³-hybridized carbons (Fsp3) is 1.00. The monoisotopic (exact) mass is 396 g/mol. The maximum atomic E-state index is 6.09. The molecule has 0 aromatic carbocycles. The third kappa shape index (κ3) is 2.98. The van der Waals surface area contributed by atoms with E-state index in [1.807, 2.05) is 21.3 Å². The average molecular weight is 397 g/mol. The highest BCUT2D eigenvalue weighted by molar-refractivity contribution is 5.05. The lowest BCUT2D eigenvalue weighted by molar-refractivity contribution is -0.929. The topological polar surface area (TPSA) is 50.6 Å². The molecule has 2 heterocycles. The summed E-state index contributed by atoms with van der Waals surface area (Å²) in [6.07, 6.45) is 7.22. The van der Waals surface area contributed by atoms with Crippen molar-refractivity contribution in [3.63, 3.8) is 0 Å². The van der Waals surface area contributed by atoms with Gasteiger partial charge in [-0.05, 0) is 31.6 Å². The highest BCUT2D eigenvalue weighted by Crippen LogP contribution is 2.51. The Hall–Kier alpha value is -0.240. The summed E-state index contributed by atoms with van der Waals surface area (Å²) in [5, 5.41) is 0. The van der Waals surface area contributed by atoms with E-state index in [9.17, 15) is 0 Å². The summed E-state index contributed by atoms with van der Waals surface area (Å²) in [7, 11) is 7.98. The van der Waals surface area contributed by atoms with Crippen molar-refractivity contribution in [2.24, 2.45) is 29.6 Å². The van der Waals surface area contributed by atoms with E-state index in [-0.39, 0.29) is 18.3 Å². The fourth-order valence-electron chi connectivity index (χ4n) is 8.09. The lowest BCUT2D eigenvalue weighted by Gasteiger charge is -2.59. The van der Waals surface area contributed by atoms with Crippen LogP contribution in [0.3, 0.4) is 0 Å². The third-order valence-corrected chi connectivity index (χ3v) is 9.09. The number of nitrogens with one attached hydrogen (secondary N) is 1. The van der Waals surface area contributed by atoms with Crippen LogP contribution in [0.25, 0.3) is 0 Å². The van der Waals surface area contributed by atoms with Crippen LogP contribution in [0.2, 0.25) is 0 Å². The second kappa shape index (κ2) is 7.78. The van der Waals surface area contributed by atoms with Gasteiger partial charge in [-0.15, -0.1) is 0 Å². The van der Waals surface area contributed by atoms with Crippen LogP contribution in [0.1, 0.15) is 32.1 Å². The lowest BCUT2D eigenvalue weighted by Crippen LogP contribution is -3.18. The molecule has 5 aliphatic rings. The average Bonchev–Trinajstić information content (AvgIpc) is 3.17. The number of ether oxygens (including phenoxy) is 5. The first-order chi connectivity index (χ1) is 13.7. The zero-order chi connectivity index (χ0) is 19.4. The van der Waals surface area contributed by atoms with Gasteiger partial charge < -0.3 is 28.6 Å². The van der Waals surface area contributed by atoms with Crippen molar-refractivity contribution in [3.05, 3.63) is 0 Å². The highest BCUT2D eigenvalue weighted by Gasteiger charge is 2.60. The van der Waals surface area contributed by atoms with Gasteiger partial charge in [0.2, 0.25) is 0 Å². The van der Waals surface area contributed by atoms with Crippen molar-refractivity contribution >= 4 is 0 Å². The summed E-state index contributed by atoms with van der Waals surface area (Å²) in [5.41, 5.74) is 0. The van der Waals surface area contributed by atoms with Gasteiger partial charge in [-0.2, -0.15) is 0 Å². The van der Waals surface area contributed by atoms with Gasteiger partial charge in [0, 0.05) is 51.4 Å². The second-order valence-electron chi connectivity index (χ2n) is 9.97. The van der Waals surface area contributed by atoms with Crippen LogP contribution >= 0.6 is 0 Å². The normalized spacial score (nSPS) is 55.7. The predicted octanol–water partition coefficient (Wildman–Crippen LogP) is 0.742. The maximum Gasteiger partial charge on any atom is 0.147 e. The minimum absolute atomic E-state index is 0.136. The molecule has 0 radical (unpaired) electrons. The van der Waals surface area contributed by atoms with Crippen LogP contribution in [0.4, 0.5) is 0 Å². The lowest BCUT2D eigenvalue weighted by atomic mass is 9.54. The Morgan fingerprint density at radius 2 is 1.54 bits per heavy atom. The van der Waals surface area contributed by atoms with Crippen LogP contribution in [-0.2, 0) is 23.7 Å². The van der Waals surface area contributed by atoms with Gasteiger partial charge in [0.15, 0.2) is 0 Å². The Morgan fingerprint density at radius 1 is 0.786 bits per heavy atom. The quantitative estimate of drug-likeness (QED) is 0.763. The number of likely N-dealkylation sites (tertiary alicyclic amines) is 1. The van der Waals surface area contributed by atoms with E-state index in [0.29, 0.717) is 42.8 Å². The van der Waals surface area contributed by atoms with E-state index in [0.717, 1.165) is 24.8 Å². The second-order valence-corrected chi connectivity index (χ2v) is 9.97. The maximum absolute atomic E-state index is 6.09. The number of hydrogen-bond donors (Lipinski definition) is 1. The van der Waals surface area contributed by atoms with E-state index < -0.39 is 0 Å². The SMILES string of the molecule is COC1CC(OC)C2C(C[NH+](C)C3C4CC5OCOC5CC4CCC23)C1OC. The van der Waals surface area contributed by atoms with Crippen LogP contribution in [0.15, 0.2) is 0 Å². The van der Waals surface area contributed by atoms with Crippen molar-refractivity contribution in [2.45, 2.75) is 68.7 Å². The first-order valence-electron chi connectivity index (χ1n) is 11.3. The number of methoxy groups -OCH3 is 3. The van der Waals surface area contributed by atoms with Gasteiger partial charge in [-0.1, -0.05) is 0 Å². The van der Waals surface area contributed by atoms with E-state index in [1.54, 1.807) is 4.90 Å². The molecule has 0 aromatic rings. The molecule has 0 spiro atoms. The summed E-state index contributed by atoms with van der Waals surface area (Å²) in [6, 6.07) is 0.708. The number of hydrogen-bond acceptors (Lipinski definition) is 5. The highest BCUT2D eigenvalue weighted by atomic mass is 16.7. The molecule has 0 aromatic heterocycles. The van der Waals surface area contributed by atoms with Crippen molar-refractivity contribution in [1.29, 1.82) is 0 Å². The third-order valence-electron chi connectivity index (χ3n) is 9.09. The summed E-state index contributed by atoms with van der Waals surface area (Å²) in [5.74, 6) is 3.34. The molecule has 5 rings (SSSR count). The Kier molecular flexibility index (Phi) is 5.48. The molecule has 6 heteroatoms. The minimum atomic E-state index is 0.136. The molecule has 2 aliphatic heterocycles. The molecule has 28 heavy (non-hydrogen) atoms. The largest absolute Gasteiger partial charge is 0.381 e. The summed E-state index contributed by atoms with van der Waals surface area (Å²) in [4.78, 5) is 1.69. The number of quaternary nitrogens is 1. The molecule has 6 nitrogen and oxygen atoms in total. The van der Waals surface area contributed by atoms with Gasteiger partial charge >= 0.3 is 0 Å². The zero-order valence-electron chi connectivity index (χ0n) is 17.8. The van der Waals surface area contributed by atoms with E-state index in [4.69, 9.17) is 23.7 Å². The molecule has 2 saturated heterocycles. The first kappa shape index (κ1) is 19.7. The van der Waals surface area contributed by atoms with Gasteiger partial charge in [-0.25, -0.2) is 0 Å². The molecule has 3 saturated carbocycles. The summed E-state index contributed by atoms with van der Waals surface area (Å²) >= 11 is 0. The summed E-state index contributed by atoms with van der Waals surface area (Å²) < 4.78 is 29.7. The minimum Gasteiger partial charge on any atom is -0.381 e. The van der Waals surface area contributed by atoms with E-state index in [1.165, 1.54) is 25.7 Å². The van der Waals surface area contributed by atoms with Crippen LogP contribution in [-0.4, -0.2) is 78.3 Å². The molecule has 1 N–H and O–H groups in total. The molecule has 0 amide bonds. The Bertz CT molecular complexity index is 561. The van der Waals surface area contributed by atoms with Crippen molar-refractivity contribution in [1.82, 2.24) is 0 Å². The number of piperidine rings is 1. The Balaban J connectivity index is 1.43.